The second-order valence-corrected chi connectivity index (χ2v) is 10.4. The van der Waals surface area contributed by atoms with Crippen molar-refractivity contribution in [1.29, 1.82) is 5.26 Å². The molecule has 0 saturated carbocycles. The van der Waals surface area contributed by atoms with Gasteiger partial charge in [-0.2, -0.15) is 10.4 Å². The Hall–Kier alpha value is -1.68. The summed E-state index contributed by atoms with van der Waals surface area (Å²) in [7, 11) is -1.85. The molecule has 1 aromatic heterocycles. The van der Waals surface area contributed by atoms with Crippen LogP contribution in [-0.4, -0.2) is 29.8 Å². The van der Waals surface area contributed by atoms with Gasteiger partial charge in [0.15, 0.2) is 14.4 Å². The lowest BCUT2D eigenvalue weighted by Gasteiger charge is -2.22. The molecule has 0 fully saturated rings. The molecule has 0 aliphatic heterocycles. The standard InChI is InChI=1S/C15H21N3O2Si/c1-21(2,3)20-14(11-16)15-12-7-4-5-8-13(12)17-18(15)9-6-10-19/h4-5,7-8,14,19H,6,9-10H2,1-3H3. The van der Waals surface area contributed by atoms with E-state index < -0.39 is 14.4 Å². The van der Waals surface area contributed by atoms with Crippen molar-refractivity contribution in [2.75, 3.05) is 6.61 Å². The number of nitriles is 1. The number of aromatic nitrogens is 2. The zero-order chi connectivity index (χ0) is 15.5. The van der Waals surface area contributed by atoms with Gasteiger partial charge < -0.3 is 9.53 Å². The third-order valence-corrected chi connectivity index (χ3v) is 3.99. The van der Waals surface area contributed by atoms with Gasteiger partial charge in [-0.3, -0.25) is 4.68 Å². The Kier molecular flexibility index (Phi) is 4.78. The largest absolute Gasteiger partial charge is 0.398 e. The minimum Gasteiger partial charge on any atom is -0.398 e. The molecule has 2 rings (SSSR count). The van der Waals surface area contributed by atoms with Crippen LogP contribution in [0, 0.1) is 11.3 Å². The van der Waals surface area contributed by atoms with E-state index in [9.17, 15) is 5.26 Å². The maximum atomic E-state index is 9.53. The number of aliphatic hydroxyl groups excluding tert-OH is 1. The number of aryl methyl sites for hydroxylation is 1. The molecule has 0 bridgehead atoms. The van der Waals surface area contributed by atoms with Crippen LogP contribution in [0.25, 0.3) is 10.9 Å². The lowest BCUT2D eigenvalue weighted by atomic mass is 10.1. The quantitative estimate of drug-likeness (QED) is 0.833. The number of rotatable bonds is 6. The van der Waals surface area contributed by atoms with Crippen molar-refractivity contribution in [3.63, 3.8) is 0 Å². The van der Waals surface area contributed by atoms with E-state index in [-0.39, 0.29) is 6.61 Å². The van der Waals surface area contributed by atoms with Gasteiger partial charge in [-0.15, -0.1) is 0 Å². The van der Waals surface area contributed by atoms with Crippen molar-refractivity contribution in [1.82, 2.24) is 9.78 Å². The zero-order valence-electron chi connectivity index (χ0n) is 12.7. The molecule has 1 aromatic carbocycles. The summed E-state index contributed by atoms with van der Waals surface area (Å²) < 4.78 is 7.82. The van der Waals surface area contributed by atoms with Gasteiger partial charge in [-0.1, -0.05) is 18.2 Å². The highest BCUT2D eigenvalue weighted by atomic mass is 28.4. The Morgan fingerprint density at radius 3 is 2.71 bits per heavy atom. The van der Waals surface area contributed by atoms with Crippen LogP contribution in [-0.2, 0) is 11.0 Å². The van der Waals surface area contributed by atoms with Crippen molar-refractivity contribution >= 4 is 19.2 Å². The third-order valence-electron chi connectivity index (χ3n) is 3.05. The molecule has 2 aromatic rings. The summed E-state index contributed by atoms with van der Waals surface area (Å²) in [5.74, 6) is 0. The molecular weight excluding hydrogens is 282 g/mol. The number of hydrogen-bond acceptors (Lipinski definition) is 4. The molecule has 112 valence electrons. The molecule has 1 heterocycles. The minimum absolute atomic E-state index is 0.0990. The summed E-state index contributed by atoms with van der Waals surface area (Å²) in [5.41, 5.74) is 1.65. The lowest BCUT2D eigenvalue weighted by Crippen LogP contribution is -2.28. The van der Waals surface area contributed by atoms with Crippen molar-refractivity contribution < 1.29 is 9.53 Å². The highest BCUT2D eigenvalue weighted by molar-refractivity contribution is 6.69. The van der Waals surface area contributed by atoms with Gasteiger partial charge in [0.25, 0.3) is 0 Å². The lowest BCUT2D eigenvalue weighted by molar-refractivity contribution is 0.237. The van der Waals surface area contributed by atoms with Crippen LogP contribution in [0.3, 0.4) is 0 Å². The highest BCUT2D eigenvalue weighted by Crippen LogP contribution is 2.29. The van der Waals surface area contributed by atoms with Crippen LogP contribution in [0.5, 0.6) is 0 Å². The fourth-order valence-corrected chi connectivity index (χ4v) is 3.14. The van der Waals surface area contributed by atoms with Crippen LogP contribution in [0.2, 0.25) is 19.6 Å². The molecule has 6 heteroatoms. The zero-order valence-corrected chi connectivity index (χ0v) is 13.7. The Labute approximate surface area is 125 Å². The van der Waals surface area contributed by atoms with Gasteiger partial charge >= 0.3 is 0 Å². The van der Waals surface area contributed by atoms with Crippen LogP contribution < -0.4 is 0 Å². The average molecular weight is 303 g/mol. The number of hydrogen-bond donors (Lipinski definition) is 1. The predicted octanol–water partition coefficient (Wildman–Crippen LogP) is 2.83. The summed E-state index contributed by atoms with van der Waals surface area (Å²) in [4.78, 5) is 0. The fourth-order valence-electron chi connectivity index (χ4n) is 2.26. The first-order chi connectivity index (χ1) is 9.96. The van der Waals surface area contributed by atoms with Gasteiger partial charge in [0.2, 0.25) is 0 Å². The summed E-state index contributed by atoms with van der Waals surface area (Å²) in [5, 5.41) is 24.1. The van der Waals surface area contributed by atoms with Crippen molar-refractivity contribution in [3.8, 4) is 6.07 Å². The van der Waals surface area contributed by atoms with Crippen LogP contribution in [0.1, 0.15) is 18.2 Å². The van der Waals surface area contributed by atoms with Crippen LogP contribution in [0.4, 0.5) is 0 Å². The van der Waals surface area contributed by atoms with E-state index in [0.29, 0.717) is 13.0 Å². The molecule has 0 aliphatic carbocycles. The maximum Gasteiger partial charge on any atom is 0.186 e. The third kappa shape index (κ3) is 3.70. The van der Waals surface area contributed by atoms with Gasteiger partial charge in [0.1, 0.15) is 0 Å². The number of benzene rings is 1. The van der Waals surface area contributed by atoms with E-state index in [0.717, 1.165) is 16.6 Å². The first-order valence-corrected chi connectivity index (χ1v) is 10.5. The van der Waals surface area contributed by atoms with E-state index in [4.69, 9.17) is 9.53 Å². The molecule has 1 atom stereocenters. The fraction of sp³-hybridized carbons (Fsp3) is 0.467. The molecule has 1 N–H and O–H groups in total. The first kappa shape index (κ1) is 15.7. The second-order valence-electron chi connectivity index (χ2n) is 5.94. The van der Waals surface area contributed by atoms with Crippen LogP contribution in [0.15, 0.2) is 24.3 Å². The summed E-state index contributed by atoms with van der Waals surface area (Å²) in [6, 6.07) is 10.0. The Balaban J connectivity index is 2.50. The molecule has 1 unspecified atom stereocenters. The Morgan fingerprint density at radius 2 is 2.10 bits per heavy atom. The first-order valence-electron chi connectivity index (χ1n) is 7.10. The summed E-state index contributed by atoms with van der Waals surface area (Å²) >= 11 is 0. The molecule has 0 aliphatic rings. The smallest absolute Gasteiger partial charge is 0.186 e. The Bertz CT molecular complexity index is 655. The normalized spacial score (nSPS) is 13.3. The van der Waals surface area contributed by atoms with E-state index in [2.05, 4.69) is 30.8 Å². The van der Waals surface area contributed by atoms with E-state index in [1.165, 1.54) is 0 Å². The summed E-state index contributed by atoms with van der Waals surface area (Å²) in [6.07, 6.45) is -0.0192. The molecule has 0 radical (unpaired) electrons. The molecule has 0 amide bonds. The second kappa shape index (κ2) is 6.39. The van der Waals surface area contributed by atoms with Crippen molar-refractivity contribution in [3.05, 3.63) is 30.0 Å². The number of nitrogens with zero attached hydrogens (tertiary/aromatic N) is 3. The summed E-state index contributed by atoms with van der Waals surface area (Å²) in [6.45, 7) is 6.87. The molecule has 0 saturated heterocycles. The SMILES string of the molecule is C[Si](C)(C)OC(C#N)c1c2ccccc2nn1CCCO. The van der Waals surface area contributed by atoms with Crippen molar-refractivity contribution in [2.24, 2.45) is 0 Å². The van der Waals surface area contributed by atoms with Crippen LogP contribution >= 0.6 is 0 Å². The van der Waals surface area contributed by atoms with Gasteiger partial charge in [-0.05, 0) is 32.1 Å². The predicted molar refractivity (Wildman–Crippen MR) is 84.2 cm³/mol. The van der Waals surface area contributed by atoms with Gasteiger partial charge in [0, 0.05) is 18.5 Å². The molecule has 21 heavy (non-hydrogen) atoms. The number of aliphatic hydroxyl groups is 1. The molecule has 0 spiro atoms. The molecule has 5 nitrogen and oxygen atoms in total. The average Bonchev–Trinajstić information content (AvgIpc) is 2.79. The van der Waals surface area contributed by atoms with E-state index in [1.54, 1.807) is 4.68 Å². The highest BCUT2D eigenvalue weighted by Gasteiger charge is 2.27. The van der Waals surface area contributed by atoms with E-state index in [1.807, 2.05) is 24.3 Å². The Morgan fingerprint density at radius 1 is 1.38 bits per heavy atom. The minimum atomic E-state index is -1.85. The monoisotopic (exact) mass is 303 g/mol. The van der Waals surface area contributed by atoms with E-state index >= 15 is 0 Å². The topological polar surface area (TPSA) is 71.1 Å². The maximum absolute atomic E-state index is 9.53. The molecular formula is C15H21N3O2Si. The van der Waals surface area contributed by atoms with Gasteiger partial charge in [0.05, 0.1) is 17.3 Å². The van der Waals surface area contributed by atoms with Gasteiger partial charge in [-0.25, -0.2) is 0 Å². The van der Waals surface area contributed by atoms with Crippen molar-refractivity contribution in [2.45, 2.75) is 38.7 Å². The number of fused-ring (bicyclic) bond motifs is 1.